The van der Waals surface area contributed by atoms with Crippen molar-refractivity contribution in [1.82, 2.24) is 5.43 Å². The Bertz CT molecular complexity index is 422. The van der Waals surface area contributed by atoms with E-state index in [4.69, 9.17) is 20.1 Å². The first-order valence-corrected chi connectivity index (χ1v) is 6.93. The van der Waals surface area contributed by atoms with Gasteiger partial charge in [-0.1, -0.05) is 12.8 Å². The second-order valence-corrected chi connectivity index (χ2v) is 5.22. The smallest absolute Gasteiger partial charge is 0.122 e. The first-order valence-electron chi connectivity index (χ1n) is 6.93. The van der Waals surface area contributed by atoms with Crippen LogP contribution in [0.1, 0.15) is 37.3 Å². The van der Waals surface area contributed by atoms with Gasteiger partial charge in [-0.15, -0.1) is 0 Å². The largest absolute Gasteiger partial charge is 0.497 e. The van der Waals surface area contributed by atoms with Gasteiger partial charge in [0.15, 0.2) is 0 Å². The van der Waals surface area contributed by atoms with E-state index in [0.717, 1.165) is 42.7 Å². The van der Waals surface area contributed by atoms with Crippen LogP contribution in [-0.4, -0.2) is 26.9 Å². The molecule has 5 heteroatoms. The minimum Gasteiger partial charge on any atom is -0.497 e. The fourth-order valence-electron chi connectivity index (χ4n) is 3.13. The van der Waals surface area contributed by atoms with Crippen molar-refractivity contribution in [3.8, 4) is 11.5 Å². The van der Waals surface area contributed by atoms with E-state index >= 15 is 0 Å². The average molecular weight is 280 g/mol. The summed E-state index contributed by atoms with van der Waals surface area (Å²) in [4.78, 5) is 0. The number of nitrogens with two attached hydrogens (primary N) is 1. The number of benzene rings is 1. The van der Waals surface area contributed by atoms with Crippen LogP contribution in [0.5, 0.6) is 11.5 Å². The molecule has 1 unspecified atom stereocenters. The Balaban J connectivity index is 2.40. The third-order valence-electron chi connectivity index (χ3n) is 4.26. The van der Waals surface area contributed by atoms with Crippen LogP contribution in [0.3, 0.4) is 0 Å². The van der Waals surface area contributed by atoms with E-state index < -0.39 is 0 Å². The van der Waals surface area contributed by atoms with E-state index in [1.165, 1.54) is 0 Å². The summed E-state index contributed by atoms with van der Waals surface area (Å²) in [5.41, 5.74) is 3.68. The standard InChI is InChI=1S/C15H24N2O3/c1-18-12-8-11(9-13(10-12)19-2)14(17-16)15(20-3)6-4-5-7-15/h8-10,14,17H,4-7,16H2,1-3H3. The lowest BCUT2D eigenvalue weighted by Gasteiger charge is -2.36. The third-order valence-corrected chi connectivity index (χ3v) is 4.26. The lowest BCUT2D eigenvalue weighted by molar-refractivity contribution is -0.0369. The second-order valence-electron chi connectivity index (χ2n) is 5.22. The molecule has 0 saturated heterocycles. The summed E-state index contributed by atoms with van der Waals surface area (Å²) in [5.74, 6) is 7.32. The molecule has 1 aliphatic rings. The molecule has 0 aliphatic heterocycles. The maximum absolute atomic E-state index is 5.83. The molecule has 1 atom stereocenters. The number of ether oxygens (including phenoxy) is 3. The predicted molar refractivity (Wildman–Crippen MR) is 77.8 cm³/mol. The SMILES string of the molecule is COc1cc(OC)cc(C(NN)C2(OC)CCCC2)c1. The highest BCUT2D eigenvalue weighted by molar-refractivity contribution is 5.40. The van der Waals surface area contributed by atoms with Crippen molar-refractivity contribution in [3.05, 3.63) is 23.8 Å². The minimum atomic E-state index is -0.258. The fraction of sp³-hybridized carbons (Fsp3) is 0.600. The molecule has 20 heavy (non-hydrogen) atoms. The molecular weight excluding hydrogens is 256 g/mol. The Labute approximate surface area is 120 Å². The Kier molecular flexibility index (Phi) is 4.86. The Morgan fingerprint density at radius 2 is 1.60 bits per heavy atom. The van der Waals surface area contributed by atoms with Gasteiger partial charge in [-0.2, -0.15) is 0 Å². The van der Waals surface area contributed by atoms with Crippen LogP contribution in [0.15, 0.2) is 18.2 Å². The topological polar surface area (TPSA) is 65.7 Å². The summed E-state index contributed by atoms with van der Waals surface area (Å²) in [6.45, 7) is 0. The third kappa shape index (κ3) is 2.75. The molecule has 5 nitrogen and oxygen atoms in total. The first kappa shape index (κ1) is 15.1. The van der Waals surface area contributed by atoms with Crippen LogP contribution < -0.4 is 20.7 Å². The van der Waals surface area contributed by atoms with Crippen molar-refractivity contribution in [2.45, 2.75) is 37.3 Å². The predicted octanol–water partition coefficient (Wildman–Crippen LogP) is 2.17. The first-order chi connectivity index (χ1) is 9.69. The van der Waals surface area contributed by atoms with Gasteiger partial charge in [0, 0.05) is 13.2 Å². The molecule has 112 valence electrons. The van der Waals surface area contributed by atoms with Gasteiger partial charge >= 0.3 is 0 Å². The van der Waals surface area contributed by atoms with E-state index in [9.17, 15) is 0 Å². The minimum absolute atomic E-state index is 0.0843. The van der Waals surface area contributed by atoms with Crippen LogP contribution in [-0.2, 0) is 4.74 Å². The summed E-state index contributed by atoms with van der Waals surface area (Å²) < 4.78 is 16.5. The van der Waals surface area contributed by atoms with Gasteiger partial charge in [0.1, 0.15) is 11.5 Å². The lowest BCUT2D eigenvalue weighted by Crippen LogP contribution is -2.46. The zero-order valence-electron chi connectivity index (χ0n) is 12.4. The Morgan fingerprint density at radius 1 is 1.05 bits per heavy atom. The highest BCUT2D eigenvalue weighted by Gasteiger charge is 2.42. The number of nitrogens with one attached hydrogen (secondary N) is 1. The highest BCUT2D eigenvalue weighted by Crippen LogP contribution is 2.43. The van der Waals surface area contributed by atoms with Crippen molar-refractivity contribution in [1.29, 1.82) is 0 Å². The summed E-state index contributed by atoms with van der Waals surface area (Å²) >= 11 is 0. The van der Waals surface area contributed by atoms with Crippen LogP contribution in [0.2, 0.25) is 0 Å². The van der Waals surface area contributed by atoms with E-state index in [2.05, 4.69) is 5.43 Å². The molecule has 0 amide bonds. The number of hydrogen-bond acceptors (Lipinski definition) is 5. The molecule has 1 aromatic rings. The normalized spacial score (nSPS) is 18.8. The van der Waals surface area contributed by atoms with Crippen molar-refractivity contribution in [3.63, 3.8) is 0 Å². The fourth-order valence-corrected chi connectivity index (χ4v) is 3.13. The zero-order chi connectivity index (χ0) is 14.6. The van der Waals surface area contributed by atoms with Crippen molar-refractivity contribution in [2.24, 2.45) is 5.84 Å². The summed E-state index contributed by atoms with van der Waals surface area (Å²) in [6, 6.07) is 5.72. The van der Waals surface area contributed by atoms with Crippen LogP contribution in [0.25, 0.3) is 0 Å². The molecule has 1 saturated carbocycles. The van der Waals surface area contributed by atoms with Crippen LogP contribution in [0, 0.1) is 0 Å². The van der Waals surface area contributed by atoms with E-state index in [0.29, 0.717) is 0 Å². The Morgan fingerprint density at radius 3 is 2.00 bits per heavy atom. The number of hydrazine groups is 1. The number of methoxy groups -OCH3 is 3. The summed E-state index contributed by atoms with van der Waals surface area (Å²) in [6.07, 6.45) is 4.32. The number of rotatable bonds is 6. The van der Waals surface area contributed by atoms with Gasteiger partial charge in [0.05, 0.1) is 25.9 Å². The molecule has 0 heterocycles. The molecule has 1 fully saturated rings. The van der Waals surface area contributed by atoms with Crippen molar-refractivity contribution < 1.29 is 14.2 Å². The van der Waals surface area contributed by atoms with Crippen molar-refractivity contribution in [2.75, 3.05) is 21.3 Å². The van der Waals surface area contributed by atoms with Gasteiger partial charge in [-0.25, -0.2) is 0 Å². The molecule has 0 radical (unpaired) electrons. The quantitative estimate of drug-likeness (QED) is 0.617. The average Bonchev–Trinajstić information content (AvgIpc) is 2.97. The Hall–Kier alpha value is -1.30. The monoisotopic (exact) mass is 280 g/mol. The van der Waals surface area contributed by atoms with Crippen LogP contribution >= 0.6 is 0 Å². The molecular formula is C15H24N2O3. The molecule has 0 aromatic heterocycles. The van der Waals surface area contributed by atoms with Gasteiger partial charge in [0.25, 0.3) is 0 Å². The number of hydrogen-bond donors (Lipinski definition) is 2. The molecule has 1 aromatic carbocycles. The van der Waals surface area contributed by atoms with Gasteiger partial charge in [-0.3, -0.25) is 11.3 Å². The van der Waals surface area contributed by atoms with Gasteiger partial charge in [0.2, 0.25) is 0 Å². The molecule has 0 spiro atoms. The molecule has 2 rings (SSSR count). The maximum Gasteiger partial charge on any atom is 0.122 e. The maximum atomic E-state index is 5.83. The van der Waals surface area contributed by atoms with Gasteiger partial charge in [-0.05, 0) is 30.5 Å². The summed E-state index contributed by atoms with van der Waals surface area (Å²) in [7, 11) is 5.04. The highest BCUT2D eigenvalue weighted by atomic mass is 16.5. The second kappa shape index (κ2) is 6.43. The zero-order valence-corrected chi connectivity index (χ0v) is 12.4. The van der Waals surface area contributed by atoms with Gasteiger partial charge < -0.3 is 14.2 Å². The molecule has 1 aliphatic carbocycles. The van der Waals surface area contributed by atoms with E-state index in [-0.39, 0.29) is 11.6 Å². The van der Waals surface area contributed by atoms with E-state index in [1.54, 1.807) is 21.3 Å². The summed E-state index contributed by atoms with van der Waals surface area (Å²) in [5, 5.41) is 0. The lowest BCUT2D eigenvalue weighted by atomic mass is 9.87. The van der Waals surface area contributed by atoms with Crippen LogP contribution in [0.4, 0.5) is 0 Å². The molecule has 0 bridgehead atoms. The molecule has 3 N–H and O–H groups in total. The van der Waals surface area contributed by atoms with E-state index in [1.807, 2.05) is 18.2 Å². The van der Waals surface area contributed by atoms with Crippen molar-refractivity contribution >= 4 is 0 Å².